The van der Waals surface area contributed by atoms with Crippen molar-refractivity contribution in [1.29, 1.82) is 0 Å². The van der Waals surface area contributed by atoms with Gasteiger partial charge in [-0.25, -0.2) is 19.2 Å². The number of hydrogen-bond donors (Lipinski definition) is 2. The summed E-state index contributed by atoms with van der Waals surface area (Å²) in [5, 5.41) is 13.3. The SMILES string of the molecule is CCOc1cc(-c2cc(NCCc3c(C)sc4c(C)cc(F)cc34)ncn2)ccc1C(=O)C(=O)O. The van der Waals surface area contributed by atoms with Crippen molar-refractivity contribution in [1.82, 2.24) is 9.97 Å². The first-order valence-corrected chi connectivity index (χ1v) is 11.9. The van der Waals surface area contributed by atoms with Gasteiger partial charge in [0.1, 0.15) is 23.7 Å². The smallest absolute Gasteiger partial charge is 0.377 e. The average molecular weight is 494 g/mol. The monoisotopic (exact) mass is 493 g/mol. The van der Waals surface area contributed by atoms with Crippen LogP contribution in [0.1, 0.15) is 33.3 Å². The fraction of sp³-hybridized carbons (Fsp3) is 0.231. The van der Waals surface area contributed by atoms with Crippen molar-refractivity contribution in [2.24, 2.45) is 0 Å². The number of ketones is 1. The molecule has 4 rings (SSSR count). The van der Waals surface area contributed by atoms with Crippen LogP contribution in [0.15, 0.2) is 42.7 Å². The van der Waals surface area contributed by atoms with Crippen LogP contribution in [0.3, 0.4) is 0 Å². The summed E-state index contributed by atoms with van der Waals surface area (Å²) in [5.74, 6) is -2.01. The van der Waals surface area contributed by atoms with E-state index in [1.165, 1.54) is 17.3 Å². The number of carbonyl (C=O) groups is 2. The summed E-state index contributed by atoms with van der Waals surface area (Å²) in [7, 11) is 0. The van der Waals surface area contributed by atoms with E-state index in [9.17, 15) is 14.0 Å². The molecule has 35 heavy (non-hydrogen) atoms. The molecule has 2 aromatic carbocycles. The number of nitrogens with one attached hydrogen (secondary N) is 1. The fourth-order valence-corrected chi connectivity index (χ4v) is 5.14. The zero-order valence-electron chi connectivity index (χ0n) is 19.5. The summed E-state index contributed by atoms with van der Waals surface area (Å²) >= 11 is 1.68. The number of Topliss-reactive ketones (excluding diaryl/α,β-unsaturated/α-hetero) is 1. The Morgan fingerprint density at radius 1 is 1.14 bits per heavy atom. The van der Waals surface area contributed by atoms with E-state index in [1.54, 1.807) is 48.6 Å². The lowest BCUT2D eigenvalue weighted by Crippen LogP contribution is -2.14. The molecule has 7 nitrogen and oxygen atoms in total. The first-order chi connectivity index (χ1) is 16.8. The van der Waals surface area contributed by atoms with Gasteiger partial charge in [-0.3, -0.25) is 4.79 Å². The topological polar surface area (TPSA) is 101 Å². The number of aromatic nitrogens is 2. The maximum atomic E-state index is 14.0. The summed E-state index contributed by atoms with van der Waals surface area (Å²) in [4.78, 5) is 32.8. The quantitative estimate of drug-likeness (QED) is 0.237. The van der Waals surface area contributed by atoms with Gasteiger partial charge in [0, 0.05) is 27.8 Å². The minimum absolute atomic E-state index is 0.0134. The average Bonchev–Trinajstić information content (AvgIpc) is 3.14. The van der Waals surface area contributed by atoms with Gasteiger partial charge in [-0.2, -0.15) is 0 Å². The Labute approximate surface area is 205 Å². The number of aryl methyl sites for hydroxylation is 2. The van der Waals surface area contributed by atoms with Crippen LogP contribution >= 0.6 is 11.3 Å². The second kappa shape index (κ2) is 10.2. The number of ether oxygens (including phenoxy) is 1. The van der Waals surface area contributed by atoms with Crippen LogP contribution in [0.2, 0.25) is 0 Å². The van der Waals surface area contributed by atoms with Gasteiger partial charge in [-0.05, 0) is 68.0 Å². The highest BCUT2D eigenvalue weighted by molar-refractivity contribution is 7.19. The Morgan fingerprint density at radius 2 is 1.94 bits per heavy atom. The molecule has 2 N–H and O–H groups in total. The Bertz CT molecular complexity index is 1430. The Morgan fingerprint density at radius 3 is 2.69 bits per heavy atom. The predicted octanol–water partition coefficient (Wildman–Crippen LogP) is 5.43. The van der Waals surface area contributed by atoms with E-state index in [2.05, 4.69) is 22.2 Å². The summed E-state index contributed by atoms with van der Waals surface area (Å²) < 4.78 is 20.6. The van der Waals surface area contributed by atoms with Crippen molar-refractivity contribution in [3.05, 3.63) is 70.1 Å². The molecule has 0 fully saturated rings. The van der Waals surface area contributed by atoms with E-state index in [4.69, 9.17) is 9.84 Å². The molecule has 0 saturated carbocycles. The van der Waals surface area contributed by atoms with Crippen molar-refractivity contribution in [2.75, 3.05) is 18.5 Å². The molecule has 0 aliphatic heterocycles. The molecule has 0 aliphatic carbocycles. The van der Waals surface area contributed by atoms with Crippen LogP contribution in [-0.2, 0) is 11.2 Å². The van der Waals surface area contributed by atoms with Gasteiger partial charge < -0.3 is 15.2 Å². The maximum Gasteiger partial charge on any atom is 0.377 e. The van der Waals surface area contributed by atoms with Crippen molar-refractivity contribution in [3.63, 3.8) is 0 Å². The molecule has 0 bridgehead atoms. The van der Waals surface area contributed by atoms with Crippen molar-refractivity contribution < 1.29 is 23.8 Å². The zero-order valence-corrected chi connectivity index (χ0v) is 20.3. The number of nitrogens with zero attached hydrogens (tertiary/aromatic N) is 2. The second-order valence-corrected chi connectivity index (χ2v) is 9.20. The molecular weight excluding hydrogens is 469 g/mol. The summed E-state index contributed by atoms with van der Waals surface area (Å²) in [6.45, 7) is 6.60. The van der Waals surface area contributed by atoms with E-state index in [0.29, 0.717) is 30.0 Å². The third-order valence-electron chi connectivity index (χ3n) is 5.61. The minimum atomic E-state index is -1.54. The van der Waals surface area contributed by atoms with Gasteiger partial charge in [0.05, 0.1) is 17.9 Å². The van der Waals surface area contributed by atoms with Gasteiger partial charge in [0.25, 0.3) is 5.78 Å². The van der Waals surface area contributed by atoms with Crippen molar-refractivity contribution in [2.45, 2.75) is 27.2 Å². The summed E-state index contributed by atoms with van der Waals surface area (Å²) in [6, 6.07) is 9.58. The standard InChI is InChI=1S/C26H24FN3O4S/c1-4-34-22-10-16(5-6-19(22)24(31)26(32)33)21-12-23(30-13-29-21)28-8-7-18-15(3)35-25-14(2)9-17(27)11-20(18)25/h5-6,9-13H,4,7-8H2,1-3H3,(H,32,33)(H,28,29,30). The Balaban J connectivity index is 1.53. The number of thiophene rings is 1. The number of carboxylic acids is 1. The van der Waals surface area contributed by atoms with E-state index < -0.39 is 11.8 Å². The predicted molar refractivity (Wildman–Crippen MR) is 134 cm³/mol. The van der Waals surface area contributed by atoms with Gasteiger partial charge in [0.15, 0.2) is 0 Å². The first-order valence-electron chi connectivity index (χ1n) is 11.1. The van der Waals surface area contributed by atoms with Crippen molar-refractivity contribution in [3.8, 4) is 17.0 Å². The third-order valence-corrected chi connectivity index (χ3v) is 6.91. The van der Waals surface area contributed by atoms with Gasteiger partial charge in [-0.1, -0.05) is 6.07 Å². The summed E-state index contributed by atoms with van der Waals surface area (Å²) in [6.07, 6.45) is 2.13. The summed E-state index contributed by atoms with van der Waals surface area (Å²) in [5.41, 5.74) is 3.30. The number of benzene rings is 2. The van der Waals surface area contributed by atoms with Crippen LogP contribution in [-0.4, -0.2) is 40.0 Å². The molecule has 0 spiro atoms. The van der Waals surface area contributed by atoms with Crippen LogP contribution < -0.4 is 10.1 Å². The molecule has 180 valence electrons. The van der Waals surface area contributed by atoms with Crippen LogP contribution in [0, 0.1) is 19.7 Å². The largest absolute Gasteiger partial charge is 0.493 e. The number of aliphatic carboxylic acids is 1. The molecule has 0 unspecified atom stereocenters. The molecule has 4 aromatic rings. The number of carbonyl (C=O) groups excluding carboxylic acids is 1. The van der Waals surface area contributed by atoms with E-state index >= 15 is 0 Å². The maximum absolute atomic E-state index is 14.0. The Kier molecular flexibility index (Phi) is 7.07. The van der Waals surface area contributed by atoms with Crippen LogP contribution in [0.4, 0.5) is 10.2 Å². The van der Waals surface area contributed by atoms with Gasteiger partial charge >= 0.3 is 5.97 Å². The highest BCUT2D eigenvalue weighted by atomic mass is 32.1. The molecule has 2 aromatic heterocycles. The zero-order chi connectivity index (χ0) is 25.1. The van der Waals surface area contributed by atoms with Gasteiger partial charge in [-0.15, -0.1) is 11.3 Å². The number of hydrogen-bond acceptors (Lipinski definition) is 7. The fourth-order valence-electron chi connectivity index (χ4n) is 3.99. The van der Waals surface area contributed by atoms with Gasteiger partial charge in [0.2, 0.25) is 0 Å². The van der Waals surface area contributed by atoms with Crippen molar-refractivity contribution >= 4 is 39.0 Å². The first kappa shape index (κ1) is 24.3. The highest BCUT2D eigenvalue weighted by Gasteiger charge is 2.20. The molecule has 2 heterocycles. The molecule has 0 atom stereocenters. The normalized spacial score (nSPS) is 11.0. The number of rotatable bonds is 9. The number of fused-ring (bicyclic) bond motifs is 1. The molecule has 0 saturated heterocycles. The number of anilines is 1. The van der Waals surface area contributed by atoms with E-state index in [0.717, 1.165) is 21.2 Å². The van der Waals surface area contributed by atoms with E-state index in [1.807, 2.05) is 6.92 Å². The molecular formula is C26H24FN3O4S. The van der Waals surface area contributed by atoms with Crippen LogP contribution in [0.5, 0.6) is 5.75 Å². The lowest BCUT2D eigenvalue weighted by atomic mass is 10.0. The third kappa shape index (κ3) is 5.14. The van der Waals surface area contributed by atoms with Crippen LogP contribution in [0.25, 0.3) is 21.3 Å². The highest BCUT2D eigenvalue weighted by Crippen LogP contribution is 2.34. The molecule has 0 aliphatic rings. The molecule has 0 radical (unpaired) electrons. The number of halogens is 1. The Hall–Kier alpha value is -3.85. The minimum Gasteiger partial charge on any atom is -0.493 e. The molecule has 9 heteroatoms. The molecule has 0 amide bonds. The lowest BCUT2D eigenvalue weighted by Gasteiger charge is -2.11. The lowest BCUT2D eigenvalue weighted by molar-refractivity contribution is -0.131. The second-order valence-electron chi connectivity index (χ2n) is 7.98. The number of carboxylic acid groups (broad SMARTS) is 1. The van der Waals surface area contributed by atoms with E-state index in [-0.39, 0.29) is 23.7 Å².